The molecule has 0 bridgehead atoms. The summed E-state index contributed by atoms with van der Waals surface area (Å²) >= 11 is 0. The Morgan fingerprint density at radius 3 is 2.67 bits per heavy atom. The van der Waals surface area contributed by atoms with Crippen molar-refractivity contribution in [1.82, 2.24) is 9.80 Å². The van der Waals surface area contributed by atoms with E-state index in [4.69, 9.17) is 0 Å². The molecule has 1 atom stereocenters. The summed E-state index contributed by atoms with van der Waals surface area (Å²) in [7, 11) is 3.47. The highest BCUT2D eigenvalue weighted by molar-refractivity contribution is 4.89. The zero-order chi connectivity index (χ0) is 6.85. The maximum atomic E-state index is 12.8. The molecule has 0 N–H and O–H groups in total. The maximum absolute atomic E-state index is 12.8. The molecule has 1 heterocycles. The van der Waals surface area contributed by atoms with Gasteiger partial charge in [-0.2, -0.15) is 0 Å². The lowest BCUT2D eigenvalue weighted by Gasteiger charge is -2.30. The molecular weight excluding hydrogens is 119 g/mol. The highest BCUT2D eigenvalue weighted by Crippen LogP contribution is 2.08. The molecule has 9 heavy (non-hydrogen) atoms. The Balaban J connectivity index is 2.58. The van der Waals surface area contributed by atoms with Crippen LogP contribution in [0.2, 0.25) is 0 Å². The Bertz CT molecular complexity index is 124. The minimum Gasteiger partial charge on any atom is -0.340 e. The van der Waals surface area contributed by atoms with Crippen LogP contribution in [0, 0.1) is 0 Å². The summed E-state index contributed by atoms with van der Waals surface area (Å²) in [5, 5.41) is 0. The van der Waals surface area contributed by atoms with Gasteiger partial charge in [0.25, 0.3) is 0 Å². The molecule has 1 aliphatic heterocycles. The van der Waals surface area contributed by atoms with Crippen molar-refractivity contribution >= 4 is 0 Å². The predicted molar refractivity (Wildman–Crippen MR) is 34.4 cm³/mol. The van der Waals surface area contributed by atoms with E-state index >= 15 is 0 Å². The quantitative estimate of drug-likeness (QED) is 0.444. The van der Waals surface area contributed by atoms with Gasteiger partial charge in [0.15, 0.2) is 0 Å². The maximum Gasteiger partial charge on any atom is 0.229 e. The summed E-state index contributed by atoms with van der Waals surface area (Å²) < 4.78 is 12.8. The van der Waals surface area contributed by atoms with Crippen molar-refractivity contribution in [3.05, 3.63) is 12.3 Å². The first-order valence-corrected chi connectivity index (χ1v) is 2.95. The molecule has 3 heteroatoms. The van der Waals surface area contributed by atoms with Crippen molar-refractivity contribution in [3.8, 4) is 0 Å². The van der Waals surface area contributed by atoms with Crippen LogP contribution < -0.4 is 0 Å². The van der Waals surface area contributed by atoms with Gasteiger partial charge >= 0.3 is 0 Å². The summed E-state index contributed by atoms with van der Waals surface area (Å²) in [6, 6.07) is 0. The van der Waals surface area contributed by atoms with Crippen LogP contribution in [0.15, 0.2) is 12.3 Å². The van der Waals surface area contributed by atoms with Gasteiger partial charge in [0.05, 0.1) is 0 Å². The van der Waals surface area contributed by atoms with Crippen LogP contribution in [0.3, 0.4) is 0 Å². The molecule has 0 aromatic carbocycles. The number of nitrogens with zero attached hydrogens (tertiary/aromatic N) is 2. The van der Waals surface area contributed by atoms with Crippen molar-refractivity contribution in [3.63, 3.8) is 0 Å². The van der Waals surface area contributed by atoms with Crippen LogP contribution in [-0.4, -0.2) is 36.9 Å². The molecule has 0 saturated carbocycles. The molecule has 1 aliphatic rings. The first kappa shape index (κ1) is 6.55. The van der Waals surface area contributed by atoms with Gasteiger partial charge in [-0.3, -0.25) is 4.90 Å². The molecule has 0 spiro atoms. The molecule has 0 amide bonds. The molecule has 0 aromatic rings. The van der Waals surface area contributed by atoms with Gasteiger partial charge < -0.3 is 4.90 Å². The molecule has 2 nitrogen and oxygen atoms in total. The average molecular weight is 130 g/mol. The van der Waals surface area contributed by atoms with Gasteiger partial charge in [-0.05, 0) is 13.2 Å². The number of alkyl halides is 1. The minimum atomic E-state index is -0.949. The largest absolute Gasteiger partial charge is 0.340 e. The molecular formula is C6H11FN2. The Hall–Kier alpha value is -0.570. The van der Waals surface area contributed by atoms with Gasteiger partial charge in [0, 0.05) is 13.6 Å². The fraction of sp³-hybridized carbons (Fsp3) is 0.667. The number of likely N-dealkylation sites (N-methyl/N-ethyl adjacent to an activating group) is 1. The fourth-order valence-corrected chi connectivity index (χ4v) is 0.849. The van der Waals surface area contributed by atoms with E-state index in [1.807, 2.05) is 6.08 Å². The second-order valence-electron chi connectivity index (χ2n) is 2.30. The molecule has 52 valence electrons. The Morgan fingerprint density at radius 1 is 1.56 bits per heavy atom. The number of hydrogen-bond acceptors (Lipinski definition) is 2. The number of hydrogen-bond donors (Lipinski definition) is 0. The van der Waals surface area contributed by atoms with Crippen LogP contribution in [0.25, 0.3) is 0 Å². The summed E-state index contributed by atoms with van der Waals surface area (Å²) in [6.07, 6.45) is 2.73. The summed E-state index contributed by atoms with van der Waals surface area (Å²) in [5.41, 5.74) is 0. The highest BCUT2D eigenvalue weighted by atomic mass is 19.1. The second kappa shape index (κ2) is 2.35. The van der Waals surface area contributed by atoms with Crippen LogP contribution >= 0.6 is 0 Å². The van der Waals surface area contributed by atoms with Crippen molar-refractivity contribution in [2.75, 3.05) is 20.6 Å². The van der Waals surface area contributed by atoms with Crippen LogP contribution in [0.1, 0.15) is 0 Å². The van der Waals surface area contributed by atoms with Gasteiger partial charge in [0.1, 0.15) is 0 Å². The number of halogens is 1. The van der Waals surface area contributed by atoms with Crippen LogP contribution in [0.5, 0.6) is 0 Å². The van der Waals surface area contributed by atoms with E-state index in [0.29, 0.717) is 6.54 Å². The van der Waals surface area contributed by atoms with E-state index in [-0.39, 0.29) is 0 Å². The van der Waals surface area contributed by atoms with E-state index in [2.05, 4.69) is 0 Å². The van der Waals surface area contributed by atoms with Crippen LogP contribution in [-0.2, 0) is 0 Å². The SMILES string of the molecule is CN1C=CCN(C)C1F. The van der Waals surface area contributed by atoms with Gasteiger partial charge in [-0.25, -0.2) is 4.39 Å². The smallest absolute Gasteiger partial charge is 0.229 e. The second-order valence-corrected chi connectivity index (χ2v) is 2.30. The molecule has 1 rings (SSSR count). The van der Waals surface area contributed by atoms with Crippen molar-refractivity contribution in [2.24, 2.45) is 0 Å². The Labute approximate surface area is 54.6 Å². The van der Waals surface area contributed by atoms with Crippen molar-refractivity contribution < 1.29 is 4.39 Å². The van der Waals surface area contributed by atoms with E-state index in [0.717, 1.165) is 0 Å². The highest BCUT2D eigenvalue weighted by Gasteiger charge is 2.17. The lowest BCUT2D eigenvalue weighted by molar-refractivity contribution is 0.00215. The topological polar surface area (TPSA) is 6.48 Å². The first-order chi connectivity index (χ1) is 4.22. The van der Waals surface area contributed by atoms with E-state index in [1.165, 1.54) is 4.90 Å². The van der Waals surface area contributed by atoms with Crippen LogP contribution in [0.4, 0.5) is 4.39 Å². The first-order valence-electron chi connectivity index (χ1n) is 2.95. The predicted octanol–water partition coefficient (Wildman–Crippen LogP) is 0.630. The molecule has 0 radical (unpaired) electrons. The zero-order valence-electron chi connectivity index (χ0n) is 5.71. The molecule has 0 aliphatic carbocycles. The number of rotatable bonds is 0. The lowest BCUT2D eigenvalue weighted by atomic mass is 10.4. The van der Waals surface area contributed by atoms with Crippen molar-refractivity contribution in [2.45, 2.75) is 6.42 Å². The summed E-state index contributed by atoms with van der Waals surface area (Å²) in [6.45, 7) is 0.700. The summed E-state index contributed by atoms with van der Waals surface area (Å²) in [4.78, 5) is 3.16. The van der Waals surface area contributed by atoms with Gasteiger partial charge in [0.2, 0.25) is 6.42 Å². The third-order valence-electron chi connectivity index (χ3n) is 1.43. The van der Waals surface area contributed by atoms with E-state index in [9.17, 15) is 4.39 Å². The lowest BCUT2D eigenvalue weighted by Crippen LogP contribution is -2.41. The Kier molecular flexibility index (Phi) is 1.71. The summed E-state index contributed by atoms with van der Waals surface area (Å²) in [5.74, 6) is 0. The normalized spacial score (nSPS) is 29.2. The molecule has 0 fully saturated rings. The van der Waals surface area contributed by atoms with Gasteiger partial charge in [-0.1, -0.05) is 6.08 Å². The third kappa shape index (κ3) is 1.21. The average Bonchev–Trinajstić information content (AvgIpc) is 1.83. The third-order valence-corrected chi connectivity index (χ3v) is 1.43. The van der Waals surface area contributed by atoms with Gasteiger partial charge in [-0.15, -0.1) is 0 Å². The molecule has 1 unspecified atom stereocenters. The zero-order valence-corrected chi connectivity index (χ0v) is 5.71. The van der Waals surface area contributed by atoms with E-state index in [1.54, 1.807) is 25.2 Å². The van der Waals surface area contributed by atoms with E-state index < -0.39 is 6.42 Å². The molecule has 0 saturated heterocycles. The fourth-order valence-electron chi connectivity index (χ4n) is 0.849. The monoisotopic (exact) mass is 130 g/mol. The Morgan fingerprint density at radius 2 is 2.22 bits per heavy atom. The molecule has 0 aromatic heterocycles. The minimum absolute atomic E-state index is 0.700. The standard InChI is InChI=1S/C6H11FN2/c1-8-4-3-5-9(2)6(8)7/h3-4,6H,5H2,1-2H3. The van der Waals surface area contributed by atoms with Crippen molar-refractivity contribution in [1.29, 1.82) is 0 Å².